The number of aryl methyl sites for hydroxylation is 1. The highest BCUT2D eigenvalue weighted by Gasteiger charge is 2.20. The SMILES string of the molecule is CCNC(=NCCc1ccc(C)cc1)N1CCN(C(C)=O)CC1.I. The van der Waals surface area contributed by atoms with Crippen molar-refractivity contribution in [3.63, 3.8) is 0 Å². The molecule has 0 unspecified atom stereocenters. The van der Waals surface area contributed by atoms with Crippen LogP contribution in [0.15, 0.2) is 29.3 Å². The van der Waals surface area contributed by atoms with Gasteiger partial charge in [-0.15, -0.1) is 24.0 Å². The van der Waals surface area contributed by atoms with Crippen LogP contribution in [0.3, 0.4) is 0 Å². The number of rotatable bonds is 4. The van der Waals surface area contributed by atoms with Gasteiger partial charge in [-0.05, 0) is 25.8 Å². The zero-order valence-electron chi connectivity index (χ0n) is 14.9. The molecule has 24 heavy (non-hydrogen) atoms. The molecule has 1 aromatic rings. The zero-order valence-corrected chi connectivity index (χ0v) is 17.2. The molecular formula is C18H29IN4O. The van der Waals surface area contributed by atoms with Gasteiger partial charge < -0.3 is 15.1 Å². The first-order chi connectivity index (χ1) is 11.1. The van der Waals surface area contributed by atoms with E-state index in [4.69, 9.17) is 4.99 Å². The number of nitrogens with one attached hydrogen (secondary N) is 1. The first-order valence-corrected chi connectivity index (χ1v) is 8.44. The molecule has 1 amide bonds. The number of piperazine rings is 1. The van der Waals surface area contributed by atoms with Gasteiger partial charge in [-0.25, -0.2) is 0 Å². The van der Waals surface area contributed by atoms with Crippen molar-refractivity contribution >= 4 is 35.8 Å². The lowest BCUT2D eigenvalue weighted by Crippen LogP contribution is -2.53. The van der Waals surface area contributed by atoms with Crippen LogP contribution in [0, 0.1) is 6.92 Å². The van der Waals surface area contributed by atoms with Crippen molar-refractivity contribution in [2.45, 2.75) is 27.2 Å². The summed E-state index contributed by atoms with van der Waals surface area (Å²) in [6, 6.07) is 8.63. The van der Waals surface area contributed by atoms with Crippen LogP contribution >= 0.6 is 24.0 Å². The van der Waals surface area contributed by atoms with E-state index in [2.05, 4.69) is 48.3 Å². The molecule has 0 aliphatic carbocycles. The second-order valence-corrected chi connectivity index (χ2v) is 5.96. The van der Waals surface area contributed by atoms with Crippen molar-refractivity contribution in [3.05, 3.63) is 35.4 Å². The molecule has 0 spiro atoms. The molecule has 0 bridgehead atoms. The second-order valence-electron chi connectivity index (χ2n) is 5.96. The minimum absolute atomic E-state index is 0. The Kier molecular flexibility index (Phi) is 9.10. The number of hydrogen-bond donors (Lipinski definition) is 1. The summed E-state index contributed by atoms with van der Waals surface area (Å²) in [5.74, 6) is 1.12. The summed E-state index contributed by atoms with van der Waals surface area (Å²) < 4.78 is 0. The van der Waals surface area contributed by atoms with Gasteiger partial charge in [-0.1, -0.05) is 29.8 Å². The Morgan fingerprint density at radius 2 is 1.71 bits per heavy atom. The van der Waals surface area contributed by atoms with Crippen molar-refractivity contribution in [2.24, 2.45) is 4.99 Å². The predicted molar refractivity (Wildman–Crippen MR) is 110 cm³/mol. The number of guanidine groups is 1. The van der Waals surface area contributed by atoms with E-state index in [0.29, 0.717) is 0 Å². The average Bonchev–Trinajstić information content (AvgIpc) is 2.56. The first-order valence-electron chi connectivity index (χ1n) is 8.44. The van der Waals surface area contributed by atoms with Gasteiger partial charge in [-0.3, -0.25) is 9.79 Å². The Labute approximate surface area is 162 Å². The Bertz CT molecular complexity index is 536. The maximum atomic E-state index is 11.4. The van der Waals surface area contributed by atoms with Crippen LogP contribution in [0.2, 0.25) is 0 Å². The third-order valence-corrected chi connectivity index (χ3v) is 4.14. The quantitative estimate of drug-likeness (QED) is 0.441. The monoisotopic (exact) mass is 444 g/mol. The van der Waals surface area contributed by atoms with Crippen LogP contribution in [-0.2, 0) is 11.2 Å². The summed E-state index contributed by atoms with van der Waals surface area (Å²) in [7, 11) is 0. The summed E-state index contributed by atoms with van der Waals surface area (Å²) in [4.78, 5) is 20.3. The molecule has 134 valence electrons. The summed E-state index contributed by atoms with van der Waals surface area (Å²) in [5.41, 5.74) is 2.60. The van der Waals surface area contributed by atoms with Gasteiger partial charge in [0.1, 0.15) is 0 Å². The Hall–Kier alpha value is -1.31. The van der Waals surface area contributed by atoms with Gasteiger partial charge in [-0.2, -0.15) is 0 Å². The van der Waals surface area contributed by atoms with Crippen molar-refractivity contribution in [1.29, 1.82) is 0 Å². The van der Waals surface area contributed by atoms with E-state index < -0.39 is 0 Å². The minimum atomic E-state index is 0. The Morgan fingerprint density at radius 1 is 1.12 bits per heavy atom. The molecule has 0 saturated carbocycles. The van der Waals surface area contributed by atoms with Gasteiger partial charge in [0.2, 0.25) is 5.91 Å². The molecule has 0 aromatic heterocycles. The van der Waals surface area contributed by atoms with Gasteiger partial charge in [0.15, 0.2) is 5.96 Å². The van der Waals surface area contributed by atoms with Crippen molar-refractivity contribution in [1.82, 2.24) is 15.1 Å². The fraction of sp³-hybridized carbons (Fsp3) is 0.556. The maximum Gasteiger partial charge on any atom is 0.219 e. The molecular weight excluding hydrogens is 415 g/mol. The minimum Gasteiger partial charge on any atom is -0.357 e. The number of hydrogen-bond acceptors (Lipinski definition) is 2. The number of aliphatic imine (C=N–C) groups is 1. The average molecular weight is 444 g/mol. The molecule has 1 aliphatic heterocycles. The van der Waals surface area contributed by atoms with Crippen LogP contribution in [-0.4, -0.2) is 60.9 Å². The van der Waals surface area contributed by atoms with Crippen molar-refractivity contribution in [3.8, 4) is 0 Å². The van der Waals surface area contributed by atoms with Crippen LogP contribution in [0.4, 0.5) is 0 Å². The van der Waals surface area contributed by atoms with E-state index in [9.17, 15) is 4.79 Å². The fourth-order valence-corrected chi connectivity index (χ4v) is 2.70. The fourth-order valence-electron chi connectivity index (χ4n) is 2.70. The number of nitrogens with zero attached hydrogens (tertiary/aromatic N) is 3. The van der Waals surface area contributed by atoms with Crippen LogP contribution in [0.5, 0.6) is 0 Å². The summed E-state index contributed by atoms with van der Waals surface area (Å²) in [5, 5.41) is 3.36. The lowest BCUT2D eigenvalue weighted by atomic mass is 10.1. The molecule has 0 atom stereocenters. The standard InChI is InChI=1S/C18H28N4O.HI/c1-4-19-18(22-13-11-21(12-14-22)16(3)23)20-10-9-17-7-5-15(2)6-8-17;/h5-8H,4,9-14H2,1-3H3,(H,19,20);1H. The lowest BCUT2D eigenvalue weighted by Gasteiger charge is -2.36. The highest BCUT2D eigenvalue weighted by Crippen LogP contribution is 2.05. The maximum absolute atomic E-state index is 11.4. The van der Waals surface area contributed by atoms with Crippen LogP contribution < -0.4 is 5.32 Å². The van der Waals surface area contributed by atoms with Crippen molar-refractivity contribution in [2.75, 3.05) is 39.3 Å². The topological polar surface area (TPSA) is 47.9 Å². The molecule has 1 N–H and O–H groups in total. The number of carbonyl (C=O) groups excluding carboxylic acids is 1. The molecule has 2 rings (SSSR count). The molecule has 0 radical (unpaired) electrons. The highest BCUT2D eigenvalue weighted by atomic mass is 127. The molecule has 6 heteroatoms. The molecule has 1 aromatic carbocycles. The van der Waals surface area contributed by atoms with E-state index in [0.717, 1.165) is 51.6 Å². The Balaban J connectivity index is 0.00000288. The first kappa shape index (κ1) is 20.7. The summed E-state index contributed by atoms with van der Waals surface area (Å²) in [6.07, 6.45) is 0.947. The van der Waals surface area contributed by atoms with Gasteiger partial charge in [0.05, 0.1) is 0 Å². The second kappa shape index (κ2) is 10.5. The highest BCUT2D eigenvalue weighted by molar-refractivity contribution is 14.0. The third kappa shape index (κ3) is 6.30. The molecule has 1 saturated heterocycles. The number of amides is 1. The summed E-state index contributed by atoms with van der Waals surface area (Å²) >= 11 is 0. The smallest absolute Gasteiger partial charge is 0.219 e. The normalized spacial score (nSPS) is 15.0. The number of carbonyl (C=O) groups is 1. The number of benzene rings is 1. The van der Waals surface area contributed by atoms with Crippen LogP contribution in [0.1, 0.15) is 25.0 Å². The zero-order chi connectivity index (χ0) is 16.7. The van der Waals surface area contributed by atoms with Gasteiger partial charge in [0.25, 0.3) is 0 Å². The number of halogens is 1. The van der Waals surface area contributed by atoms with E-state index in [1.54, 1.807) is 6.92 Å². The lowest BCUT2D eigenvalue weighted by molar-refractivity contribution is -0.130. The van der Waals surface area contributed by atoms with Gasteiger partial charge >= 0.3 is 0 Å². The van der Waals surface area contributed by atoms with E-state index >= 15 is 0 Å². The Morgan fingerprint density at radius 3 is 2.25 bits per heavy atom. The van der Waals surface area contributed by atoms with E-state index in [1.165, 1.54) is 11.1 Å². The molecule has 5 nitrogen and oxygen atoms in total. The largest absolute Gasteiger partial charge is 0.357 e. The summed E-state index contributed by atoms with van der Waals surface area (Å²) in [6.45, 7) is 10.7. The molecule has 1 aliphatic rings. The van der Waals surface area contributed by atoms with Gasteiger partial charge in [0, 0.05) is 46.2 Å². The van der Waals surface area contributed by atoms with Crippen molar-refractivity contribution < 1.29 is 4.79 Å². The van der Waals surface area contributed by atoms with Crippen LogP contribution in [0.25, 0.3) is 0 Å². The molecule has 1 fully saturated rings. The van der Waals surface area contributed by atoms with E-state index in [1.807, 2.05) is 4.90 Å². The predicted octanol–water partition coefficient (Wildman–Crippen LogP) is 2.29. The van der Waals surface area contributed by atoms with E-state index in [-0.39, 0.29) is 29.9 Å². The third-order valence-electron chi connectivity index (χ3n) is 4.14. The molecule has 1 heterocycles.